The van der Waals surface area contributed by atoms with E-state index in [-0.39, 0.29) is 11.4 Å². The molecule has 0 aliphatic heterocycles. The van der Waals surface area contributed by atoms with Gasteiger partial charge in [-0.2, -0.15) is 5.10 Å². The second kappa shape index (κ2) is 8.42. The van der Waals surface area contributed by atoms with Crippen molar-refractivity contribution in [2.45, 2.75) is 11.3 Å². The summed E-state index contributed by atoms with van der Waals surface area (Å²) >= 11 is 0. The molecule has 2 aromatic heterocycles. The molecule has 0 bridgehead atoms. The van der Waals surface area contributed by atoms with Crippen molar-refractivity contribution in [2.75, 3.05) is 13.2 Å². The molecule has 29 heavy (non-hydrogen) atoms. The summed E-state index contributed by atoms with van der Waals surface area (Å²) in [7, 11) is -3.63. The Balaban J connectivity index is 1.32. The molecular weight excluding hydrogens is 388 g/mol. The smallest absolute Gasteiger partial charge is 0.243 e. The number of pyridine rings is 1. The van der Waals surface area contributed by atoms with Crippen molar-refractivity contribution in [3.8, 4) is 11.4 Å². The SMILES string of the molecule is O=S(=O)(NCCCOc1cccc2cccnc12)c1cnn(-c2ccccc2)c1. The summed E-state index contributed by atoms with van der Waals surface area (Å²) in [4.78, 5) is 4.47. The Labute approximate surface area is 169 Å². The summed E-state index contributed by atoms with van der Waals surface area (Å²) in [6.07, 6.45) is 5.08. The Kier molecular flexibility index (Phi) is 5.55. The molecule has 0 radical (unpaired) electrons. The van der Waals surface area contributed by atoms with Gasteiger partial charge in [0.05, 0.1) is 24.7 Å². The molecule has 4 aromatic rings. The molecule has 2 heterocycles. The second-order valence-electron chi connectivity index (χ2n) is 6.39. The number of aromatic nitrogens is 3. The fraction of sp³-hybridized carbons (Fsp3) is 0.143. The first-order valence-corrected chi connectivity index (χ1v) is 10.7. The zero-order valence-corrected chi connectivity index (χ0v) is 16.4. The number of nitrogens with zero attached hydrogens (tertiary/aromatic N) is 3. The van der Waals surface area contributed by atoms with Crippen LogP contribution >= 0.6 is 0 Å². The van der Waals surface area contributed by atoms with Gasteiger partial charge in [-0.05, 0) is 30.7 Å². The van der Waals surface area contributed by atoms with E-state index >= 15 is 0 Å². The number of hydrogen-bond acceptors (Lipinski definition) is 5. The molecule has 0 saturated heterocycles. The van der Waals surface area contributed by atoms with Crippen molar-refractivity contribution in [3.05, 3.63) is 79.3 Å². The summed E-state index contributed by atoms with van der Waals surface area (Å²) < 4.78 is 34.8. The van der Waals surface area contributed by atoms with Gasteiger partial charge in [0.2, 0.25) is 10.0 Å². The third-order valence-corrected chi connectivity index (χ3v) is 5.77. The van der Waals surface area contributed by atoms with E-state index in [0.29, 0.717) is 18.8 Å². The minimum absolute atomic E-state index is 0.125. The molecule has 8 heteroatoms. The number of hydrogen-bond donors (Lipinski definition) is 1. The minimum Gasteiger partial charge on any atom is -0.491 e. The number of nitrogens with one attached hydrogen (secondary N) is 1. The molecule has 4 rings (SSSR count). The van der Waals surface area contributed by atoms with Gasteiger partial charge in [-0.3, -0.25) is 4.98 Å². The molecule has 1 N–H and O–H groups in total. The fourth-order valence-electron chi connectivity index (χ4n) is 2.90. The lowest BCUT2D eigenvalue weighted by Crippen LogP contribution is -2.25. The van der Waals surface area contributed by atoms with Crippen LogP contribution < -0.4 is 9.46 Å². The Morgan fingerprint density at radius 2 is 1.83 bits per heavy atom. The van der Waals surface area contributed by atoms with Crippen molar-refractivity contribution in [1.29, 1.82) is 0 Å². The van der Waals surface area contributed by atoms with Crippen LogP contribution in [0.4, 0.5) is 0 Å². The molecule has 0 aliphatic rings. The minimum atomic E-state index is -3.63. The topological polar surface area (TPSA) is 86.1 Å². The van der Waals surface area contributed by atoms with Gasteiger partial charge in [0.25, 0.3) is 0 Å². The van der Waals surface area contributed by atoms with Crippen LogP contribution in [0.25, 0.3) is 16.6 Å². The standard InChI is InChI=1S/C21H20N4O3S/c26-29(27,19-15-23-25(16-19)18-9-2-1-3-10-18)24-13-6-14-28-20-11-4-7-17-8-5-12-22-21(17)20/h1-5,7-12,15-16,24H,6,13-14H2. The fourth-order valence-corrected chi connectivity index (χ4v) is 3.91. The zero-order valence-electron chi connectivity index (χ0n) is 15.6. The average molecular weight is 408 g/mol. The van der Waals surface area contributed by atoms with Crippen molar-refractivity contribution in [2.24, 2.45) is 0 Å². The summed E-state index contributed by atoms with van der Waals surface area (Å²) in [5, 5.41) is 5.13. The number of sulfonamides is 1. The molecule has 0 atom stereocenters. The number of rotatable bonds is 8. The van der Waals surface area contributed by atoms with E-state index in [4.69, 9.17) is 4.74 Å². The largest absolute Gasteiger partial charge is 0.491 e. The van der Waals surface area contributed by atoms with Gasteiger partial charge in [-0.1, -0.05) is 36.4 Å². The molecule has 0 saturated carbocycles. The van der Waals surface area contributed by atoms with Gasteiger partial charge in [0.15, 0.2) is 0 Å². The summed E-state index contributed by atoms with van der Waals surface area (Å²) in [5.74, 6) is 0.690. The maximum Gasteiger partial charge on any atom is 0.243 e. The van der Waals surface area contributed by atoms with Crippen molar-refractivity contribution in [1.82, 2.24) is 19.5 Å². The van der Waals surface area contributed by atoms with E-state index < -0.39 is 10.0 Å². The Morgan fingerprint density at radius 1 is 1.00 bits per heavy atom. The van der Waals surface area contributed by atoms with Crippen molar-refractivity contribution >= 4 is 20.9 Å². The van der Waals surface area contributed by atoms with Crippen LogP contribution in [-0.2, 0) is 10.0 Å². The van der Waals surface area contributed by atoms with Gasteiger partial charge in [-0.15, -0.1) is 0 Å². The first kappa shape index (κ1) is 19.1. The maximum atomic E-state index is 12.5. The van der Waals surface area contributed by atoms with Crippen LogP contribution in [0.2, 0.25) is 0 Å². The first-order valence-electron chi connectivity index (χ1n) is 9.20. The Bertz CT molecular complexity index is 1200. The van der Waals surface area contributed by atoms with Crippen LogP contribution in [0.3, 0.4) is 0 Å². The summed E-state index contributed by atoms with van der Waals surface area (Å²) in [6, 6.07) is 18.9. The van der Waals surface area contributed by atoms with E-state index in [9.17, 15) is 8.42 Å². The highest BCUT2D eigenvalue weighted by Gasteiger charge is 2.16. The third-order valence-electron chi connectivity index (χ3n) is 4.36. The summed E-state index contributed by atoms with van der Waals surface area (Å²) in [5.41, 5.74) is 1.59. The van der Waals surface area contributed by atoms with E-state index in [1.54, 1.807) is 6.20 Å². The van der Waals surface area contributed by atoms with E-state index in [2.05, 4.69) is 14.8 Å². The predicted molar refractivity (Wildman–Crippen MR) is 111 cm³/mol. The predicted octanol–water partition coefficient (Wildman–Crippen LogP) is 3.17. The normalized spacial score (nSPS) is 11.6. The molecule has 148 valence electrons. The van der Waals surface area contributed by atoms with Crippen LogP contribution in [0.15, 0.2) is 84.1 Å². The second-order valence-corrected chi connectivity index (χ2v) is 8.15. The average Bonchev–Trinajstić information content (AvgIpc) is 3.26. The molecule has 0 aliphatic carbocycles. The van der Waals surface area contributed by atoms with E-state index in [1.165, 1.54) is 17.1 Å². The highest BCUT2D eigenvalue weighted by atomic mass is 32.2. The molecule has 0 spiro atoms. The van der Waals surface area contributed by atoms with Crippen LogP contribution in [0.1, 0.15) is 6.42 Å². The maximum absolute atomic E-state index is 12.5. The molecular formula is C21H20N4O3S. The lowest BCUT2D eigenvalue weighted by Gasteiger charge is -2.09. The Morgan fingerprint density at radius 3 is 2.69 bits per heavy atom. The molecule has 0 fully saturated rings. The quantitative estimate of drug-likeness (QED) is 0.453. The molecule has 0 amide bonds. The first-order chi connectivity index (χ1) is 14.1. The van der Waals surface area contributed by atoms with Crippen LogP contribution in [-0.4, -0.2) is 36.3 Å². The summed E-state index contributed by atoms with van der Waals surface area (Å²) in [6.45, 7) is 0.637. The van der Waals surface area contributed by atoms with Crippen molar-refractivity contribution in [3.63, 3.8) is 0 Å². The lowest BCUT2D eigenvalue weighted by molar-refractivity contribution is 0.314. The zero-order chi connectivity index (χ0) is 20.1. The van der Waals surface area contributed by atoms with Gasteiger partial charge in [-0.25, -0.2) is 17.8 Å². The van der Waals surface area contributed by atoms with Gasteiger partial charge in [0, 0.05) is 18.1 Å². The van der Waals surface area contributed by atoms with E-state index in [1.807, 2.05) is 60.7 Å². The number of para-hydroxylation sites is 2. The number of benzene rings is 2. The number of ether oxygens (including phenoxy) is 1. The van der Waals surface area contributed by atoms with E-state index in [0.717, 1.165) is 16.6 Å². The molecule has 2 aromatic carbocycles. The van der Waals surface area contributed by atoms with Crippen molar-refractivity contribution < 1.29 is 13.2 Å². The third kappa shape index (κ3) is 4.44. The monoisotopic (exact) mass is 408 g/mol. The van der Waals surface area contributed by atoms with Gasteiger partial charge >= 0.3 is 0 Å². The van der Waals surface area contributed by atoms with Crippen LogP contribution in [0, 0.1) is 0 Å². The molecule has 0 unspecified atom stereocenters. The highest BCUT2D eigenvalue weighted by Crippen LogP contribution is 2.22. The van der Waals surface area contributed by atoms with Gasteiger partial charge in [0.1, 0.15) is 16.2 Å². The number of fused-ring (bicyclic) bond motifs is 1. The van der Waals surface area contributed by atoms with Crippen LogP contribution in [0.5, 0.6) is 5.75 Å². The lowest BCUT2D eigenvalue weighted by atomic mass is 10.2. The highest BCUT2D eigenvalue weighted by molar-refractivity contribution is 7.89. The Hall–Kier alpha value is -3.23. The molecule has 7 nitrogen and oxygen atoms in total. The van der Waals surface area contributed by atoms with Gasteiger partial charge < -0.3 is 4.74 Å².